The van der Waals surface area contributed by atoms with Crippen molar-refractivity contribution in [3.8, 4) is 0 Å². The molecule has 0 aromatic heterocycles. The molecule has 0 radical (unpaired) electrons. The molecule has 6 amide bonds. The van der Waals surface area contributed by atoms with Crippen molar-refractivity contribution < 1.29 is 48.9 Å². The fraction of sp³-hybridized carbons (Fsp3) is 0.696. The molecule has 0 aromatic rings. The molecule has 1 fully saturated rings. The Kier molecular flexibility index (Phi) is 12.9. The molecule has 1 rings (SSSR count). The molecule has 1 saturated heterocycles. The van der Waals surface area contributed by atoms with Gasteiger partial charge in [0.05, 0.1) is 24.7 Å². The van der Waals surface area contributed by atoms with Gasteiger partial charge in [-0.1, -0.05) is 0 Å². The Morgan fingerprint density at radius 1 is 0.800 bits per heavy atom. The van der Waals surface area contributed by atoms with Gasteiger partial charge in [-0.2, -0.15) is 0 Å². The van der Waals surface area contributed by atoms with E-state index in [4.69, 9.17) is 11.5 Å². The Bertz CT molecular complexity index is 989. The summed E-state index contributed by atoms with van der Waals surface area (Å²) < 4.78 is 0. The lowest BCUT2D eigenvalue weighted by Crippen LogP contribution is -2.62. The van der Waals surface area contributed by atoms with Crippen molar-refractivity contribution in [3.63, 3.8) is 0 Å². The highest BCUT2D eigenvalue weighted by Gasteiger charge is 2.38. The molecule has 0 aliphatic carbocycles. The third-order valence-electron chi connectivity index (χ3n) is 6.19. The number of rotatable bonds is 14. The zero-order valence-corrected chi connectivity index (χ0v) is 22.7. The number of aliphatic hydroxyl groups excluding tert-OH is 2. The monoisotopic (exact) mass is 573 g/mol. The first-order valence-electron chi connectivity index (χ1n) is 12.6. The lowest BCUT2D eigenvalue weighted by molar-refractivity contribution is -0.149. The van der Waals surface area contributed by atoms with Crippen molar-refractivity contribution in [3.05, 3.63) is 0 Å². The van der Waals surface area contributed by atoms with Gasteiger partial charge >= 0.3 is 5.97 Å². The van der Waals surface area contributed by atoms with Crippen LogP contribution < -0.4 is 32.7 Å². The summed E-state index contributed by atoms with van der Waals surface area (Å²) >= 11 is 0. The molecular weight excluding hydrogens is 534 g/mol. The van der Waals surface area contributed by atoms with Gasteiger partial charge in [0, 0.05) is 6.54 Å². The van der Waals surface area contributed by atoms with Crippen LogP contribution in [-0.4, -0.2) is 117 Å². The number of nitrogens with two attached hydrogens (primary N) is 2. The second-order valence-corrected chi connectivity index (χ2v) is 9.72. The molecule has 1 aliphatic rings. The number of carbonyl (C=O) groups excluding carboxylic acids is 6. The summed E-state index contributed by atoms with van der Waals surface area (Å²) in [7, 11) is 0. The van der Waals surface area contributed by atoms with Crippen LogP contribution in [0.5, 0.6) is 0 Å². The number of likely N-dealkylation sites (tertiary alicyclic amines) is 1. The van der Waals surface area contributed by atoms with Crippen molar-refractivity contribution in [2.24, 2.45) is 11.5 Å². The fourth-order valence-electron chi connectivity index (χ4n) is 3.93. The third-order valence-corrected chi connectivity index (χ3v) is 6.19. The minimum absolute atomic E-state index is 0.193. The van der Waals surface area contributed by atoms with Gasteiger partial charge in [0.1, 0.15) is 30.2 Å². The Labute approximate surface area is 230 Å². The highest BCUT2D eigenvalue weighted by atomic mass is 16.4. The van der Waals surface area contributed by atoms with E-state index in [9.17, 15) is 48.9 Å². The predicted octanol–water partition coefficient (Wildman–Crippen LogP) is -4.99. The van der Waals surface area contributed by atoms with Crippen LogP contribution >= 0.6 is 0 Å². The van der Waals surface area contributed by atoms with E-state index in [1.165, 1.54) is 27.7 Å². The summed E-state index contributed by atoms with van der Waals surface area (Å²) in [5.41, 5.74) is 10.5. The Balaban J connectivity index is 2.86. The van der Waals surface area contributed by atoms with Gasteiger partial charge in [0.2, 0.25) is 35.4 Å². The molecule has 0 aromatic carbocycles. The second kappa shape index (κ2) is 15.1. The van der Waals surface area contributed by atoms with Gasteiger partial charge in [-0.05, 0) is 40.5 Å². The normalized spacial score (nSPS) is 20.1. The first kappa shape index (κ1) is 34.2. The average molecular weight is 574 g/mol. The smallest absolute Gasteiger partial charge is 0.326 e. The number of nitrogens with one attached hydrogen (secondary N) is 4. The molecular formula is C23H39N7O10. The van der Waals surface area contributed by atoms with Crippen LogP contribution in [0.25, 0.3) is 0 Å². The summed E-state index contributed by atoms with van der Waals surface area (Å²) in [6.45, 7) is 5.12. The molecule has 0 unspecified atom stereocenters. The fourth-order valence-corrected chi connectivity index (χ4v) is 3.93. The van der Waals surface area contributed by atoms with E-state index < -0.39 is 96.3 Å². The van der Waals surface area contributed by atoms with Crippen molar-refractivity contribution >= 4 is 41.4 Å². The van der Waals surface area contributed by atoms with Crippen LogP contribution in [0.3, 0.4) is 0 Å². The van der Waals surface area contributed by atoms with E-state index in [-0.39, 0.29) is 13.0 Å². The van der Waals surface area contributed by atoms with E-state index in [1.807, 2.05) is 0 Å². The predicted molar refractivity (Wildman–Crippen MR) is 137 cm³/mol. The Hall–Kier alpha value is -3.83. The lowest BCUT2D eigenvalue weighted by atomic mass is 10.1. The van der Waals surface area contributed by atoms with Gasteiger partial charge in [-0.15, -0.1) is 0 Å². The van der Waals surface area contributed by atoms with Crippen molar-refractivity contribution in [1.82, 2.24) is 26.2 Å². The summed E-state index contributed by atoms with van der Waals surface area (Å²) in [5.74, 6) is -6.50. The average Bonchev–Trinajstić information content (AvgIpc) is 3.34. The summed E-state index contributed by atoms with van der Waals surface area (Å²) in [6, 6.07) is -8.06. The van der Waals surface area contributed by atoms with Crippen molar-refractivity contribution in [2.75, 3.05) is 6.54 Å². The number of aliphatic carboxylic acids is 1. The molecule has 0 saturated carbocycles. The molecule has 0 spiro atoms. The minimum Gasteiger partial charge on any atom is -0.480 e. The van der Waals surface area contributed by atoms with E-state index in [0.717, 1.165) is 4.90 Å². The van der Waals surface area contributed by atoms with Gasteiger partial charge in [-0.25, -0.2) is 4.79 Å². The van der Waals surface area contributed by atoms with E-state index in [2.05, 4.69) is 21.3 Å². The van der Waals surface area contributed by atoms with Gasteiger partial charge in [0.25, 0.3) is 0 Å². The van der Waals surface area contributed by atoms with Crippen LogP contribution in [0, 0.1) is 0 Å². The van der Waals surface area contributed by atoms with Gasteiger partial charge < -0.3 is 53.0 Å². The summed E-state index contributed by atoms with van der Waals surface area (Å²) in [4.78, 5) is 86.5. The van der Waals surface area contributed by atoms with Crippen LogP contribution in [-0.2, 0) is 33.6 Å². The van der Waals surface area contributed by atoms with Crippen LogP contribution in [0.15, 0.2) is 0 Å². The number of carbonyl (C=O) groups is 7. The number of hydrogen-bond donors (Lipinski definition) is 9. The molecule has 1 aliphatic heterocycles. The maximum atomic E-state index is 12.9. The van der Waals surface area contributed by atoms with Gasteiger partial charge in [-0.3, -0.25) is 28.8 Å². The van der Waals surface area contributed by atoms with E-state index in [1.54, 1.807) is 0 Å². The molecule has 11 N–H and O–H groups in total. The number of amides is 6. The molecule has 8 atom stereocenters. The number of carboxylic acid groups (broad SMARTS) is 1. The minimum atomic E-state index is -1.64. The number of nitrogens with zero attached hydrogens (tertiary/aromatic N) is 1. The zero-order chi connectivity index (χ0) is 30.9. The number of carboxylic acids is 1. The standard InChI is InChI=1S/C23H39N7O10/c1-9(26-19(35)13(24)8-15(25)33)18(34)28-17(12(4)32)21(37)29-16(11(3)31)20(36)27-10(2)22(38)30-7-5-6-14(30)23(39)40/h9-14,16-17,31-32H,5-8,24H2,1-4H3,(H2,25,33)(H,26,35)(H,27,36)(H,28,34)(H,29,37)(H,39,40)/t9-,10-,11+,12+,13-,14-,16-,17-/m0/s1. The van der Waals surface area contributed by atoms with Crippen molar-refractivity contribution in [1.29, 1.82) is 0 Å². The molecule has 17 nitrogen and oxygen atoms in total. The SMILES string of the molecule is C[C@H](NC(=O)[C@@H](N)CC(N)=O)C(=O)N[C@H](C(=O)N[C@H](C(=O)N[C@@H](C)C(=O)N1CCC[C@H]1C(=O)O)[C@@H](C)O)[C@@H](C)O. The Morgan fingerprint density at radius 2 is 1.27 bits per heavy atom. The molecule has 1 heterocycles. The molecule has 17 heteroatoms. The second-order valence-electron chi connectivity index (χ2n) is 9.72. The van der Waals surface area contributed by atoms with E-state index >= 15 is 0 Å². The highest BCUT2D eigenvalue weighted by molar-refractivity contribution is 5.97. The van der Waals surface area contributed by atoms with Gasteiger partial charge in [0.15, 0.2) is 0 Å². The first-order chi connectivity index (χ1) is 18.5. The summed E-state index contributed by atoms with van der Waals surface area (Å²) in [6.07, 6.45) is -2.71. The van der Waals surface area contributed by atoms with E-state index in [0.29, 0.717) is 6.42 Å². The topological polar surface area (TPSA) is 284 Å². The lowest BCUT2D eigenvalue weighted by Gasteiger charge is -2.29. The Morgan fingerprint density at radius 3 is 1.75 bits per heavy atom. The van der Waals surface area contributed by atoms with Crippen LogP contribution in [0.2, 0.25) is 0 Å². The quantitative estimate of drug-likeness (QED) is 0.0948. The number of primary amides is 1. The first-order valence-corrected chi connectivity index (χ1v) is 12.6. The maximum Gasteiger partial charge on any atom is 0.326 e. The largest absolute Gasteiger partial charge is 0.480 e. The van der Waals surface area contributed by atoms with Crippen LogP contribution in [0.1, 0.15) is 47.0 Å². The molecule has 226 valence electrons. The van der Waals surface area contributed by atoms with Crippen LogP contribution in [0.4, 0.5) is 0 Å². The van der Waals surface area contributed by atoms with Crippen molar-refractivity contribution in [2.45, 2.75) is 95.4 Å². The highest BCUT2D eigenvalue weighted by Crippen LogP contribution is 2.18. The number of hydrogen-bond acceptors (Lipinski definition) is 10. The summed E-state index contributed by atoms with van der Waals surface area (Å²) in [5, 5.41) is 38.5. The molecule has 0 bridgehead atoms. The third kappa shape index (κ3) is 9.73. The zero-order valence-electron chi connectivity index (χ0n) is 22.7. The maximum absolute atomic E-state index is 12.9. The number of aliphatic hydroxyl groups is 2. The molecule has 40 heavy (non-hydrogen) atoms.